The molecular weight excluding hydrogens is 180 g/mol. The highest BCUT2D eigenvalue weighted by atomic mass is 79.9. The molecule has 0 aliphatic heterocycles. The first-order valence-electron chi connectivity index (χ1n) is 3.07. The minimum atomic E-state index is 0.242. The number of rotatable bonds is 0. The van der Waals surface area contributed by atoms with E-state index in [1.807, 2.05) is 6.92 Å². The van der Waals surface area contributed by atoms with Crippen molar-refractivity contribution in [2.24, 2.45) is 5.92 Å². The van der Waals surface area contributed by atoms with E-state index in [4.69, 9.17) is 0 Å². The van der Waals surface area contributed by atoms with Crippen LogP contribution in [0.2, 0.25) is 0 Å². The first-order chi connectivity index (χ1) is 4.20. The molecule has 1 rings (SSSR count). The monoisotopic (exact) mass is 188 g/mol. The van der Waals surface area contributed by atoms with Gasteiger partial charge in [-0.2, -0.15) is 0 Å². The lowest BCUT2D eigenvalue weighted by atomic mass is 9.95. The highest BCUT2D eigenvalue weighted by Crippen LogP contribution is 2.23. The fourth-order valence-electron chi connectivity index (χ4n) is 0.849. The molecule has 0 heterocycles. The molecule has 1 aliphatic carbocycles. The van der Waals surface area contributed by atoms with E-state index in [-0.39, 0.29) is 5.92 Å². The lowest BCUT2D eigenvalue weighted by molar-refractivity contribution is -0.121. The molecule has 0 saturated carbocycles. The number of Topliss-reactive ketones (excluding diaryl/α,β-unsaturated/α-hetero) is 1. The smallest absolute Gasteiger partial charge is 0.140 e. The van der Waals surface area contributed by atoms with Crippen LogP contribution in [-0.2, 0) is 4.79 Å². The fourth-order valence-corrected chi connectivity index (χ4v) is 1.31. The van der Waals surface area contributed by atoms with Crippen molar-refractivity contribution in [3.05, 3.63) is 10.6 Å². The Labute approximate surface area is 63.3 Å². The van der Waals surface area contributed by atoms with Crippen molar-refractivity contribution in [2.45, 2.75) is 19.8 Å². The zero-order chi connectivity index (χ0) is 6.85. The maximum absolute atomic E-state index is 10.9. The number of carbonyl (C=O) groups excluding carboxylic acids is 1. The molecule has 0 N–H and O–H groups in total. The molecule has 0 bridgehead atoms. The van der Waals surface area contributed by atoms with E-state index in [1.54, 1.807) is 0 Å². The first kappa shape index (κ1) is 7.00. The van der Waals surface area contributed by atoms with E-state index in [9.17, 15) is 4.79 Å². The number of halogens is 1. The molecule has 2 heteroatoms. The highest BCUT2D eigenvalue weighted by Gasteiger charge is 2.16. The third-order valence-electron chi connectivity index (χ3n) is 1.59. The Hall–Kier alpha value is -0.110. The normalized spacial score (nSPS) is 28.0. The molecule has 0 aromatic rings. The van der Waals surface area contributed by atoms with Crippen molar-refractivity contribution in [3.63, 3.8) is 0 Å². The van der Waals surface area contributed by atoms with Gasteiger partial charge in [-0.3, -0.25) is 4.79 Å². The Morgan fingerprint density at radius 3 is 2.89 bits per heavy atom. The van der Waals surface area contributed by atoms with Crippen molar-refractivity contribution in [2.75, 3.05) is 0 Å². The third kappa shape index (κ3) is 1.65. The molecule has 1 nitrogen and oxygen atoms in total. The largest absolute Gasteiger partial charge is 0.299 e. The zero-order valence-corrected chi connectivity index (χ0v) is 6.94. The van der Waals surface area contributed by atoms with Gasteiger partial charge in [0.2, 0.25) is 0 Å². The number of hydrogen-bond acceptors (Lipinski definition) is 1. The van der Waals surface area contributed by atoms with E-state index >= 15 is 0 Å². The van der Waals surface area contributed by atoms with Gasteiger partial charge in [0.15, 0.2) is 0 Å². The van der Waals surface area contributed by atoms with E-state index in [1.165, 1.54) is 0 Å². The summed E-state index contributed by atoms with van der Waals surface area (Å²) in [6.07, 6.45) is 3.58. The van der Waals surface area contributed by atoms with Crippen LogP contribution >= 0.6 is 15.9 Å². The van der Waals surface area contributed by atoms with Gasteiger partial charge >= 0.3 is 0 Å². The maximum Gasteiger partial charge on any atom is 0.140 e. The Morgan fingerprint density at radius 1 is 1.78 bits per heavy atom. The van der Waals surface area contributed by atoms with Crippen LogP contribution in [0.25, 0.3) is 0 Å². The van der Waals surface area contributed by atoms with Gasteiger partial charge in [-0.05, 0) is 10.9 Å². The topological polar surface area (TPSA) is 17.1 Å². The highest BCUT2D eigenvalue weighted by molar-refractivity contribution is 9.11. The molecule has 1 aliphatic rings. The maximum atomic E-state index is 10.9. The van der Waals surface area contributed by atoms with Gasteiger partial charge in [0.1, 0.15) is 5.78 Å². The van der Waals surface area contributed by atoms with Crippen molar-refractivity contribution in [3.8, 4) is 0 Å². The summed E-state index contributed by atoms with van der Waals surface area (Å²) in [5.41, 5.74) is 0. The summed E-state index contributed by atoms with van der Waals surface area (Å²) in [5, 5.41) is 0. The average molecular weight is 189 g/mol. The summed E-state index contributed by atoms with van der Waals surface area (Å²) >= 11 is 3.30. The van der Waals surface area contributed by atoms with Crippen molar-refractivity contribution < 1.29 is 4.79 Å². The van der Waals surface area contributed by atoms with E-state index < -0.39 is 0 Å². The molecule has 0 radical (unpaired) electrons. The predicted octanol–water partition coefficient (Wildman–Crippen LogP) is 2.26. The van der Waals surface area contributed by atoms with Crippen molar-refractivity contribution in [1.82, 2.24) is 0 Å². The van der Waals surface area contributed by atoms with Crippen LogP contribution < -0.4 is 0 Å². The van der Waals surface area contributed by atoms with Crippen LogP contribution in [0.1, 0.15) is 19.8 Å². The number of ketones is 1. The number of allylic oxidation sites excluding steroid dienone is 2. The minimum absolute atomic E-state index is 0.242. The molecule has 50 valence electrons. The SMILES string of the molecule is CC1CC=C(Br)CC1=O. The average Bonchev–Trinajstić information content (AvgIpc) is 1.80. The third-order valence-corrected chi connectivity index (χ3v) is 2.19. The Morgan fingerprint density at radius 2 is 2.44 bits per heavy atom. The quantitative estimate of drug-likeness (QED) is 0.571. The van der Waals surface area contributed by atoms with Crippen molar-refractivity contribution >= 4 is 21.7 Å². The van der Waals surface area contributed by atoms with E-state index in [0.29, 0.717) is 12.2 Å². The van der Waals surface area contributed by atoms with E-state index in [2.05, 4.69) is 22.0 Å². The predicted molar refractivity (Wildman–Crippen MR) is 40.4 cm³/mol. The number of carbonyl (C=O) groups is 1. The summed E-state index contributed by atoms with van der Waals surface area (Å²) in [7, 11) is 0. The van der Waals surface area contributed by atoms with E-state index in [0.717, 1.165) is 10.9 Å². The summed E-state index contributed by atoms with van der Waals surface area (Å²) in [4.78, 5) is 10.9. The second-order valence-corrected chi connectivity index (χ2v) is 3.45. The van der Waals surface area contributed by atoms with Crippen LogP contribution in [0.4, 0.5) is 0 Å². The lowest BCUT2D eigenvalue weighted by Gasteiger charge is -2.12. The van der Waals surface area contributed by atoms with Gasteiger partial charge in [-0.1, -0.05) is 28.9 Å². The van der Waals surface area contributed by atoms with Gasteiger partial charge in [-0.15, -0.1) is 0 Å². The zero-order valence-electron chi connectivity index (χ0n) is 5.36. The standard InChI is InChI=1S/C7H9BrO/c1-5-2-3-6(8)4-7(5)9/h3,5H,2,4H2,1H3. The summed E-state index contributed by atoms with van der Waals surface area (Å²) in [6.45, 7) is 1.97. The molecule has 1 unspecified atom stereocenters. The first-order valence-corrected chi connectivity index (χ1v) is 3.86. The summed E-state index contributed by atoms with van der Waals surface area (Å²) in [6, 6.07) is 0. The summed E-state index contributed by atoms with van der Waals surface area (Å²) < 4.78 is 1.05. The van der Waals surface area contributed by atoms with Crippen molar-refractivity contribution in [1.29, 1.82) is 0 Å². The molecule has 0 aromatic carbocycles. The van der Waals surface area contributed by atoms with Gasteiger partial charge in [-0.25, -0.2) is 0 Å². The molecule has 0 fully saturated rings. The van der Waals surface area contributed by atoms with Gasteiger partial charge in [0.05, 0.1) is 0 Å². The van der Waals surface area contributed by atoms with Crippen LogP contribution in [0.15, 0.2) is 10.6 Å². The fraction of sp³-hybridized carbons (Fsp3) is 0.571. The van der Waals surface area contributed by atoms with Crippen LogP contribution in [0, 0.1) is 5.92 Å². The number of hydrogen-bond donors (Lipinski definition) is 0. The minimum Gasteiger partial charge on any atom is -0.299 e. The molecule has 0 spiro atoms. The Balaban J connectivity index is 2.65. The second-order valence-electron chi connectivity index (χ2n) is 2.43. The Kier molecular flexibility index (Phi) is 2.06. The molecule has 0 saturated heterocycles. The van der Waals surface area contributed by atoms with Crippen LogP contribution in [0.5, 0.6) is 0 Å². The second kappa shape index (κ2) is 2.65. The van der Waals surface area contributed by atoms with Crippen LogP contribution in [0.3, 0.4) is 0 Å². The molecule has 0 aromatic heterocycles. The lowest BCUT2D eigenvalue weighted by Crippen LogP contribution is -2.13. The van der Waals surface area contributed by atoms with Crippen LogP contribution in [-0.4, -0.2) is 5.78 Å². The summed E-state index contributed by atoms with van der Waals surface area (Å²) in [5.74, 6) is 0.593. The molecule has 9 heavy (non-hydrogen) atoms. The Bertz CT molecular complexity index is 160. The van der Waals surface area contributed by atoms with Gasteiger partial charge in [0.25, 0.3) is 0 Å². The molecule has 0 amide bonds. The van der Waals surface area contributed by atoms with Gasteiger partial charge < -0.3 is 0 Å². The molecular formula is C7H9BrO. The molecule has 1 atom stereocenters. The van der Waals surface area contributed by atoms with Gasteiger partial charge in [0, 0.05) is 12.3 Å².